The van der Waals surface area contributed by atoms with E-state index >= 15 is 0 Å². The number of carbonyl (C=O) groups excluding carboxylic acids is 2. The van der Waals surface area contributed by atoms with Crippen molar-refractivity contribution < 1.29 is 9.59 Å². The van der Waals surface area contributed by atoms with E-state index in [9.17, 15) is 9.59 Å². The van der Waals surface area contributed by atoms with Crippen LogP contribution in [0.25, 0.3) is 0 Å². The van der Waals surface area contributed by atoms with Crippen LogP contribution in [0.1, 0.15) is 64.2 Å². The third-order valence-corrected chi connectivity index (χ3v) is 7.48. The molecule has 1 unspecified atom stereocenters. The normalized spacial score (nSPS) is 20.1. The summed E-state index contributed by atoms with van der Waals surface area (Å²) >= 11 is 1.66. The fourth-order valence-electron chi connectivity index (χ4n) is 4.53. The number of aryl methyl sites for hydroxylation is 2. The van der Waals surface area contributed by atoms with Crippen molar-refractivity contribution in [1.29, 1.82) is 0 Å². The number of nitrogens with zero attached hydrogens (tertiary/aromatic N) is 1. The van der Waals surface area contributed by atoms with Crippen molar-refractivity contribution in [1.82, 2.24) is 4.90 Å². The Hall–Kier alpha value is -2.18. The summed E-state index contributed by atoms with van der Waals surface area (Å²) in [6.45, 7) is 2.53. The molecule has 2 heterocycles. The molecule has 2 aliphatic rings. The average Bonchev–Trinajstić information content (AvgIpc) is 3.12. The van der Waals surface area contributed by atoms with Crippen LogP contribution in [0.2, 0.25) is 0 Å². The van der Waals surface area contributed by atoms with Gasteiger partial charge < -0.3 is 11.1 Å². The van der Waals surface area contributed by atoms with E-state index in [1.54, 1.807) is 11.3 Å². The highest BCUT2D eigenvalue weighted by atomic mass is 32.1. The largest absolute Gasteiger partial charge is 0.369 e. The Balaban J connectivity index is 1.35. The predicted octanol–water partition coefficient (Wildman–Crippen LogP) is 4.36. The number of nitrogens with one attached hydrogen (secondary N) is 1. The van der Waals surface area contributed by atoms with Crippen molar-refractivity contribution in [3.8, 4) is 0 Å². The van der Waals surface area contributed by atoms with E-state index in [1.165, 1.54) is 41.7 Å². The zero-order valence-electron chi connectivity index (χ0n) is 17.5. The third-order valence-electron chi connectivity index (χ3n) is 6.25. The van der Waals surface area contributed by atoms with Crippen LogP contribution in [-0.4, -0.2) is 29.8 Å². The molecule has 1 aliphatic carbocycles. The topological polar surface area (TPSA) is 75.4 Å². The van der Waals surface area contributed by atoms with Crippen molar-refractivity contribution >= 4 is 28.8 Å². The van der Waals surface area contributed by atoms with Gasteiger partial charge in [-0.15, -0.1) is 11.3 Å². The van der Waals surface area contributed by atoms with Gasteiger partial charge in [0.05, 0.1) is 10.8 Å². The Bertz CT molecular complexity index is 865. The maximum Gasteiger partial charge on any atom is 0.265 e. The second kappa shape index (κ2) is 9.75. The van der Waals surface area contributed by atoms with Gasteiger partial charge in [-0.2, -0.15) is 0 Å². The van der Waals surface area contributed by atoms with Crippen molar-refractivity contribution in [3.05, 3.63) is 51.2 Å². The highest BCUT2D eigenvalue weighted by Crippen LogP contribution is 2.29. The molecule has 0 saturated carbocycles. The molecule has 1 atom stereocenters. The van der Waals surface area contributed by atoms with Crippen LogP contribution in [0.3, 0.4) is 0 Å². The van der Waals surface area contributed by atoms with Crippen molar-refractivity contribution in [2.24, 2.45) is 11.7 Å². The van der Waals surface area contributed by atoms with Crippen LogP contribution >= 0.6 is 11.3 Å². The van der Waals surface area contributed by atoms with E-state index < -0.39 is 0 Å². The van der Waals surface area contributed by atoms with Crippen LogP contribution in [0.5, 0.6) is 0 Å². The lowest BCUT2D eigenvalue weighted by molar-refractivity contribution is -0.123. The number of carbonyl (C=O) groups is 2. The number of hydrogen-bond donors (Lipinski definition) is 2. The summed E-state index contributed by atoms with van der Waals surface area (Å²) in [7, 11) is 0. The average molecular weight is 426 g/mol. The molecule has 2 aromatic rings. The number of primary amides is 1. The number of anilines is 1. The summed E-state index contributed by atoms with van der Waals surface area (Å²) in [5.74, 6) is -0.249. The smallest absolute Gasteiger partial charge is 0.265 e. The minimum Gasteiger partial charge on any atom is -0.369 e. The van der Waals surface area contributed by atoms with E-state index in [4.69, 9.17) is 5.73 Å². The molecule has 0 bridgehead atoms. The minimum absolute atomic E-state index is 0.0140. The van der Waals surface area contributed by atoms with Gasteiger partial charge in [0.15, 0.2) is 0 Å². The van der Waals surface area contributed by atoms with Gasteiger partial charge in [-0.05, 0) is 74.4 Å². The van der Waals surface area contributed by atoms with Gasteiger partial charge in [0.1, 0.15) is 0 Å². The van der Waals surface area contributed by atoms with Gasteiger partial charge in [-0.3, -0.25) is 14.5 Å². The Morgan fingerprint density at radius 2 is 1.83 bits per heavy atom. The first-order chi connectivity index (χ1) is 14.6. The van der Waals surface area contributed by atoms with E-state index in [0.29, 0.717) is 0 Å². The molecule has 6 heteroatoms. The molecular weight excluding hydrogens is 394 g/mol. The number of benzene rings is 1. The van der Waals surface area contributed by atoms with Crippen molar-refractivity contribution in [2.75, 3.05) is 18.4 Å². The first kappa shape index (κ1) is 21.1. The number of piperidine rings is 1. The molecule has 0 radical (unpaired) electrons. The quantitative estimate of drug-likeness (QED) is 0.747. The molecule has 1 aliphatic heterocycles. The molecule has 1 aromatic carbocycles. The van der Waals surface area contributed by atoms with Gasteiger partial charge in [-0.25, -0.2) is 0 Å². The van der Waals surface area contributed by atoms with Crippen LogP contribution < -0.4 is 11.1 Å². The second-order valence-corrected chi connectivity index (χ2v) is 9.74. The number of thiophene rings is 1. The monoisotopic (exact) mass is 425 g/mol. The number of likely N-dealkylation sites (tertiary alicyclic amines) is 1. The van der Waals surface area contributed by atoms with E-state index in [2.05, 4.69) is 28.4 Å². The van der Waals surface area contributed by atoms with E-state index in [0.717, 1.165) is 55.9 Å². The highest BCUT2D eigenvalue weighted by Gasteiger charge is 2.23. The molecule has 1 aromatic heterocycles. The highest BCUT2D eigenvalue weighted by molar-refractivity contribution is 7.14. The molecule has 160 valence electrons. The molecular formula is C24H31N3O2S. The molecule has 2 amide bonds. The first-order valence-electron chi connectivity index (χ1n) is 11.1. The second-order valence-electron chi connectivity index (χ2n) is 8.60. The third kappa shape index (κ3) is 5.29. The van der Waals surface area contributed by atoms with Crippen molar-refractivity contribution in [2.45, 2.75) is 57.9 Å². The molecule has 4 rings (SSSR count). The Kier molecular flexibility index (Phi) is 6.85. The summed E-state index contributed by atoms with van der Waals surface area (Å²) in [6.07, 6.45) is 9.15. The fraction of sp³-hybridized carbons (Fsp3) is 0.500. The summed E-state index contributed by atoms with van der Waals surface area (Å²) < 4.78 is 0. The van der Waals surface area contributed by atoms with Gasteiger partial charge in [0, 0.05) is 23.7 Å². The maximum atomic E-state index is 12.8. The van der Waals surface area contributed by atoms with Gasteiger partial charge >= 0.3 is 0 Å². The van der Waals surface area contributed by atoms with Crippen LogP contribution in [0, 0.1) is 5.92 Å². The standard InChI is InChI=1S/C24H31N3O2S/c25-23(28)19-7-5-13-27(16-19)15-17-9-11-20(12-10-17)26-24(29)22-14-18-6-3-1-2-4-8-21(18)30-22/h9-12,14,19H,1-8,13,15-16H2,(H2,25,28)(H,26,29). The van der Waals surface area contributed by atoms with Gasteiger partial charge in [-0.1, -0.05) is 25.0 Å². The summed E-state index contributed by atoms with van der Waals surface area (Å²) in [5, 5.41) is 3.05. The molecule has 0 spiro atoms. The SMILES string of the molecule is NC(=O)C1CCCN(Cc2ccc(NC(=O)c3cc4c(s3)CCCCCC4)cc2)C1. The molecule has 1 fully saturated rings. The fourth-order valence-corrected chi connectivity index (χ4v) is 5.68. The van der Waals surface area contributed by atoms with Crippen LogP contribution in [-0.2, 0) is 24.2 Å². The molecule has 3 N–H and O–H groups in total. The summed E-state index contributed by atoms with van der Waals surface area (Å²) in [4.78, 5) is 28.7. The minimum atomic E-state index is -0.195. The zero-order valence-corrected chi connectivity index (χ0v) is 18.3. The van der Waals surface area contributed by atoms with Crippen molar-refractivity contribution in [3.63, 3.8) is 0 Å². The number of rotatable bonds is 5. The molecule has 5 nitrogen and oxygen atoms in total. The number of fused-ring (bicyclic) bond motifs is 1. The molecule has 1 saturated heterocycles. The lowest BCUT2D eigenvalue weighted by atomic mass is 9.97. The van der Waals surface area contributed by atoms with Crippen LogP contribution in [0.15, 0.2) is 30.3 Å². The van der Waals surface area contributed by atoms with Crippen LogP contribution in [0.4, 0.5) is 5.69 Å². The Labute approximate surface area is 182 Å². The van der Waals surface area contributed by atoms with Gasteiger partial charge in [0.25, 0.3) is 5.91 Å². The summed E-state index contributed by atoms with van der Waals surface area (Å²) in [5.41, 5.74) is 8.85. The predicted molar refractivity (Wildman–Crippen MR) is 122 cm³/mol. The van der Waals surface area contributed by atoms with E-state index in [1.807, 2.05) is 12.1 Å². The first-order valence-corrected chi connectivity index (χ1v) is 11.9. The summed E-state index contributed by atoms with van der Waals surface area (Å²) in [6, 6.07) is 10.1. The lowest BCUT2D eigenvalue weighted by Crippen LogP contribution is -2.40. The number of amides is 2. The zero-order chi connectivity index (χ0) is 20.9. The van der Waals surface area contributed by atoms with E-state index in [-0.39, 0.29) is 17.7 Å². The van der Waals surface area contributed by atoms with Gasteiger partial charge in [0.2, 0.25) is 5.91 Å². The number of hydrogen-bond acceptors (Lipinski definition) is 4. The maximum absolute atomic E-state index is 12.8. The number of nitrogens with two attached hydrogens (primary N) is 1. The Morgan fingerprint density at radius 1 is 1.07 bits per heavy atom. The molecule has 30 heavy (non-hydrogen) atoms. The lowest BCUT2D eigenvalue weighted by Gasteiger charge is -2.31. The Morgan fingerprint density at radius 3 is 2.60 bits per heavy atom.